The van der Waals surface area contributed by atoms with E-state index in [0.29, 0.717) is 18.9 Å². The van der Waals surface area contributed by atoms with Gasteiger partial charge in [-0.15, -0.1) is 0 Å². The van der Waals surface area contributed by atoms with E-state index in [1.54, 1.807) is 0 Å². The van der Waals surface area contributed by atoms with Crippen molar-refractivity contribution in [3.63, 3.8) is 0 Å². The number of rotatable bonds is 6. The maximum absolute atomic E-state index is 11.9. The smallest absolute Gasteiger partial charge is 0.224 e. The van der Waals surface area contributed by atoms with Crippen LogP contribution in [0.3, 0.4) is 0 Å². The number of benzene rings is 2. The number of nitrogen functional groups attached to an aromatic ring is 1. The van der Waals surface area contributed by atoms with Crippen molar-refractivity contribution in [1.82, 2.24) is 5.32 Å². The SMILES string of the molecule is CC(CCNC(=O)Cc1ccc(N)cc1)c1ccccc1. The zero-order chi connectivity index (χ0) is 15.1. The second kappa shape index (κ2) is 7.48. The fourth-order valence-electron chi connectivity index (χ4n) is 2.26. The van der Waals surface area contributed by atoms with E-state index in [1.807, 2.05) is 42.5 Å². The van der Waals surface area contributed by atoms with E-state index < -0.39 is 0 Å². The van der Waals surface area contributed by atoms with E-state index in [2.05, 4.69) is 24.4 Å². The number of nitrogens with two attached hydrogens (primary N) is 1. The van der Waals surface area contributed by atoms with E-state index in [9.17, 15) is 4.79 Å². The minimum atomic E-state index is 0.0556. The molecule has 1 amide bonds. The van der Waals surface area contributed by atoms with E-state index in [1.165, 1.54) is 5.56 Å². The lowest BCUT2D eigenvalue weighted by atomic mass is 9.98. The number of nitrogens with one attached hydrogen (secondary N) is 1. The van der Waals surface area contributed by atoms with E-state index in [-0.39, 0.29) is 5.91 Å². The fourth-order valence-corrected chi connectivity index (χ4v) is 2.26. The predicted molar refractivity (Wildman–Crippen MR) is 87.0 cm³/mol. The van der Waals surface area contributed by atoms with Crippen molar-refractivity contribution in [2.45, 2.75) is 25.7 Å². The third-order valence-corrected chi connectivity index (χ3v) is 3.61. The summed E-state index contributed by atoms with van der Waals surface area (Å²) in [7, 11) is 0. The molecule has 2 aromatic carbocycles. The topological polar surface area (TPSA) is 55.1 Å². The van der Waals surface area contributed by atoms with Gasteiger partial charge in [-0.25, -0.2) is 0 Å². The van der Waals surface area contributed by atoms with Gasteiger partial charge in [-0.2, -0.15) is 0 Å². The minimum absolute atomic E-state index is 0.0556. The summed E-state index contributed by atoms with van der Waals surface area (Å²) in [5.41, 5.74) is 8.64. The molecule has 0 heterocycles. The quantitative estimate of drug-likeness (QED) is 0.800. The van der Waals surface area contributed by atoms with E-state index >= 15 is 0 Å². The zero-order valence-electron chi connectivity index (χ0n) is 12.4. The Kier molecular flexibility index (Phi) is 5.38. The summed E-state index contributed by atoms with van der Waals surface area (Å²) in [6.07, 6.45) is 1.34. The summed E-state index contributed by atoms with van der Waals surface area (Å²) >= 11 is 0. The number of carbonyl (C=O) groups is 1. The predicted octanol–water partition coefficient (Wildman–Crippen LogP) is 3.12. The normalized spacial score (nSPS) is 11.9. The molecule has 0 spiro atoms. The van der Waals surface area contributed by atoms with Crippen molar-refractivity contribution in [2.24, 2.45) is 0 Å². The maximum Gasteiger partial charge on any atom is 0.224 e. The molecule has 0 saturated heterocycles. The highest BCUT2D eigenvalue weighted by Crippen LogP contribution is 2.17. The Morgan fingerprint density at radius 3 is 2.43 bits per heavy atom. The first-order valence-corrected chi connectivity index (χ1v) is 7.31. The van der Waals surface area contributed by atoms with Crippen LogP contribution in [0.25, 0.3) is 0 Å². The molecule has 2 aromatic rings. The molecule has 1 atom stereocenters. The van der Waals surface area contributed by atoms with Gasteiger partial charge in [-0.3, -0.25) is 4.79 Å². The highest BCUT2D eigenvalue weighted by Gasteiger charge is 2.07. The Morgan fingerprint density at radius 1 is 1.10 bits per heavy atom. The van der Waals surface area contributed by atoms with Gasteiger partial charge >= 0.3 is 0 Å². The maximum atomic E-state index is 11.9. The van der Waals surface area contributed by atoms with Gasteiger partial charge in [0.05, 0.1) is 6.42 Å². The molecule has 1 unspecified atom stereocenters. The number of hydrogen-bond acceptors (Lipinski definition) is 2. The second-order valence-electron chi connectivity index (χ2n) is 5.37. The summed E-state index contributed by atoms with van der Waals surface area (Å²) < 4.78 is 0. The number of anilines is 1. The monoisotopic (exact) mass is 282 g/mol. The molecule has 0 aliphatic heterocycles. The Labute approximate surface area is 126 Å². The molecule has 0 bridgehead atoms. The molecule has 3 heteroatoms. The Morgan fingerprint density at radius 2 is 1.76 bits per heavy atom. The van der Waals surface area contributed by atoms with Crippen molar-refractivity contribution in [3.8, 4) is 0 Å². The molecule has 0 aromatic heterocycles. The molecular formula is C18H22N2O. The lowest BCUT2D eigenvalue weighted by Gasteiger charge is -2.12. The summed E-state index contributed by atoms with van der Waals surface area (Å²) in [6, 6.07) is 17.8. The second-order valence-corrected chi connectivity index (χ2v) is 5.37. The van der Waals surface area contributed by atoms with Crippen molar-refractivity contribution < 1.29 is 4.79 Å². The van der Waals surface area contributed by atoms with Gasteiger partial charge in [0.15, 0.2) is 0 Å². The molecule has 0 radical (unpaired) electrons. The zero-order valence-corrected chi connectivity index (χ0v) is 12.4. The Bertz CT molecular complexity index is 564. The van der Waals surface area contributed by atoms with Crippen molar-refractivity contribution >= 4 is 11.6 Å². The summed E-state index contributed by atoms with van der Waals surface area (Å²) in [4.78, 5) is 11.9. The van der Waals surface area contributed by atoms with Crippen LogP contribution in [0.1, 0.15) is 30.4 Å². The number of amides is 1. The Balaban J connectivity index is 1.73. The first-order valence-electron chi connectivity index (χ1n) is 7.31. The largest absolute Gasteiger partial charge is 0.399 e. The molecule has 3 nitrogen and oxygen atoms in total. The highest BCUT2D eigenvalue weighted by atomic mass is 16.1. The molecule has 21 heavy (non-hydrogen) atoms. The van der Waals surface area contributed by atoms with Crippen molar-refractivity contribution in [1.29, 1.82) is 0 Å². The van der Waals surface area contributed by atoms with Crippen LogP contribution in [0.15, 0.2) is 54.6 Å². The number of hydrogen-bond donors (Lipinski definition) is 2. The van der Waals surface area contributed by atoms with Crippen LogP contribution in [0.5, 0.6) is 0 Å². The Hall–Kier alpha value is -2.29. The summed E-state index contributed by atoms with van der Waals surface area (Å²) in [5, 5.41) is 2.98. The summed E-state index contributed by atoms with van der Waals surface area (Å²) in [6.45, 7) is 2.88. The van der Waals surface area contributed by atoms with Gasteiger partial charge in [-0.1, -0.05) is 49.4 Å². The fraction of sp³-hybridized carbons (Fsp3) is 0.278. The third kappa shape index (κ3) is 4.95. The van der Waals surface area contributed by atoms with Gasteiger partial charge in [-0.05, 0) is 35.6 Å². The average molecular weight is 282 g/mol. The van der Waals surface area contributed by atoms with Gasteiger partial charge in [0.1, 0.15) is 0 Å². The standard InChI is InChI=1S/C18H22N2O/c1-14(16-5-3-2-4-6-16)11-12-20-18(21)13-15-7-9-17(19)10-8-15/h2-10,14H,11-13,19H2,1H3,(H,20,21). The number of carbonyl (C=O) groups excluding carboxylic acids is 1. The van der Waals surface area contributed by atoms with Crippen LogP contribution >= 0.6 is 0 Å². The first-order chi connectivity index (χ1) is 10.1. The molecule has 0 saturated carbocycles. The molecule has 3 N–H and O–H groups in total. The van der Waals surface area contributed by atoms with Gasteiger partial charge in [0.25, 0.3) is 0 Å². The van der Waals surface area contributed by atoms with Crippen LogP contribution < -0.4 is 11.1 Å². The van der Waals surface area contributed by atoms with Gasteiger partial charge in [0, 0.05) is 12.2 Å². The van der Waals surface area contributed by atoms with Crippen LogP contribution in [-0.4, -0.2) is 12.5 Å². The molecular weight excluding hydrogens is 260 g/mol. The van der Waals surface area contributed by atoms with Gasteiger partial charge in [0.2, 0.25) is 5.91 Å². The first kappa shape index (κ1) is 15.1. The van der Waals surface area contributed by atoms with Crippen LogP contribution in [0.4, 0.5) is 5.69 Å². The summed E-state index contributed by atoms with van der Waals surface area (Å²) in [5.74, 6) is 0.503. The highest BCUT2D eigenvalue weighted by molar-refractivity contribution is 5.78. The van der Waals surface area contributed by atoms with E-state index in [0.717, 1.165) is 17.7 Å². The van der Waals surface area contributed by atoms with Crippen LogP contribution in [-0.2, 0) is 11.2 Å². The molecule has 0 aliphatic rings. The molecule has 0 aliphatic carbocycles. The lowest BCUT2D eigenvalue weighted by Crippen LogP contribution is -2.26. The molecule has 0 fully saturated rings. The van der Waals surface area contributed by atoms with Gasteiger partial charge < -0.3 is 11.1 Å². The minimum Gasteiger partial charge on any atom is -0.399 e. The molecule has 110 valence electrons. The van der Waals surface area contributed by atoms with E-state index in [4.69, 9.17) is 5.73 Å². The molecule has 2 rings (SSSR count). The lowest BCUT2D eigenvalue weighted by molar-refractivity contribution is -0.120. The van der Waals surface area contributed by atoms with Crippen molar-refractivity contribution in [3.05, 3.63) is 65.7 Å². The van der Waals surface area contributed by atoms with Crippen molar-refractivity contribution in [2.75, 3.05) is 12.3 Å². The van der Waals surface area contributed by atoms with Crippen LogP contribution in [0, 0.1) is 0 Å². The third-order valence-electron chi connectivity index (χ3n) is 3.61. The van der Waals surface area contributed by atoms with Crippen LogP contribution in [0.2, 0.25) is 0 Å². The average Bonchev–Trinajstić information content (AvgIpc) is 2.50.